The molecule has 3 aromatic rings. The van der Waals surface area contributed by atoms with Crippen LogP contribution >= 0.6 is 11.6 Å². The number of rotatable bonds is 7. The van der Waals surface area contributed by atoms with Crippen molar-refractivity contribution in [1.82, 2.24) is 14.8 Å². The lowest BCUT2D eigenvalue weighted by molar-refractivity contribution is -0.145. The van der Waals surface area contributed by atoms with Gasteiger partial charge in [0.1, 0.15) is 6.54 Å². The van der Waals surface area contributed by atoms with Gasteiger partial charge < -0.3 is 4.74 Å². The van der Waals surface area contributed by atoms with E-state index in [4.69, 9.17) is 21.3 Å². The Hall–Kier alpha value is -2.99. The Labute approximate surface area is 180 Å². The zero-order chi connectivity index (χ0) is 20.9. The SMILES string of the molecule is CCCCCC(=O)OCc1nnc2n1-c1ccc(Cl)cc1C(c1ccccc1)=NC2. The van der Waals surface area contributed by atoms with Crippen LogP contribution in [0.4, 0.5) is 0 Å². The fraction of sp³-hybridized carbons (Fsp3) is 0.304. The zero-order valence-electron chi connectivity index (χ0n) is 16.8. The first-order valence-corrected chi connectivity index (χ1v) is 10.5. The fourth-order valence-corrected chi connectivity index (χ4v) is 3.71. The van der Waals surface area contributed by atoms with Crippen molar-refractivity contribution in [1.29, 1.82) is 0 Å². The average molecular weight is 423 g/mol. The molecule has 0 unspecified atom stereocenters. The van der Waals surface area contributed by atoms with Crippen molar-refractivity contribution in [3.05, 3.63) is 76.3 Å². The number of hydrogen-bond donors (Lipinski definition) is 0. The minimum atomic E-state index is -0.216. The molecule has 0 atom stereocenters. The third-order valence-corrected chi connectivity index (χ3v) is 5.26. The predicted octanol–water partition coefficient (Wildman–Crippen LogP) is 4.90. The number of ether oxygens (including phenoxy) is 1. The highest BCUT2D eigenvalue weighted by molar-refractivity contribution is 6.31. The van der Waals surface area contributed by atoms with Crippen molar-refractivity contribution in [2.75, 3.05) is 0 Å². The van der Waals surface area contributed by atoms with E-state index in [0.717, 1.165) is 41.8 Å². The van der Waals surface area contributed by atoms with Crippen LogP contribution in [0.1, 0.15) is 55.4 Å². The fourth-order valence-electron chi connectivity index (χ4n) is 3.53. The van der Waals surface area contributed by atoms with E-state index < -0.39 is 0 Å². The Kier molecular flexibility index (Phi) is 6.23. The van der Waals surface area contributed by atoms with Gasteiger partial charge in [-0.15, -0.1) is 10.2 Å². The molecule has 0 bridgehead atoms. The molecule has 1 aliphatic heterocycles. The van der Waals surface area contributed by atoms with Gasteiger partial charge in [0.05, 0.1) is 11.4 Å². The van der Waals surface area contributed by atoms with E-state index in [9.17, 15) is 4.79 Å². The Morgan fingerprint density at radius 1 is 1.13 bits per heavy atom. The maximum absolute atomic E-state index is 12.1. The van der Waals surface area contributed by atoms with Gasteiger partial charge in [-0.05, 0) is 24.6 Å². The summed E-state index contributed by atoms with van der Waals surface area (Å²) in [6.45, 7) is 2.54. The molecule has 0 saturated heterocycles. The molecule has 0 amide bonds. The average Bonchev–Trinajstić information content (AvgIpc) is 3.09. The van der Waals surface area contributed by atoms with Crippen LogP contribution < -0.4 is 0 Å². The second-order valence-electron chi connectivity index (χ2n) is 7.18. The van der Waals surface area contributed by atoms with Gasteiger partial charge in [0.15, 0.2) is 18.3 Å². The van der Waals surface area contributed by atoms with E-state index >= 15 is 0 Å². The van der Waals surface area contributed by atoms with Gasteiger partial charge in [-0.2, -0.15) is 0 Å². The summed E-state index contributed by atoms with van der Waals surface area (Å²) < 4.78 is 7.39. The lowest BCUT2D eigenvalue weighted by Crippen LogP contribution is -2.12. The molecule has 0 spiro atoms. The van der Waals surface area contributed by atoms with Crippen LogP contribution in [0.5, 0.6) is 0 Å². The molecule has 0 N–H and O–H groups in total. The normalized spacial score (nSPS) is 12.5. The number of esters is 1. The zero-order valence-corrected chi connectivity index (χ0v) is 17.6. The molecule has 0 fully saturated rings. The lowest BCUT2D eigenvalue weighted by Gasteiger charge is -2.14. The number of fused-ring (bicyclic) bond motifs is 3. The Bertz CT molecular complexity index is 1080. The van der Waals surface area contributed by atoms with Crippen molar-refractivity contribution in [2.24, 2.45) is 4.99 Å². The van der Waals surface area contributed by atoms with Crippen molar-refractivity contribution in [3.8, 4) is 5.69 Å². The van der Waals surface area contributed by atoms with Crippen LogP contribution in [0.25, 0.3) is 5.69 Å². The van der Waals surface area contributed by atoms with Crippen LogP contribution in [-0.4, -0.2) is 26.4 Å². The van der Waals surface area contributed by atoms with Crippen molar-refractivity contribution in [3.63, 3.8) is 0 Å². The first-order chi connectivity index (χ1) is 14.7. The van der Waals surface area contributed by atoms with Crippen LogP contribution in [0.15, 0.2) is 53.5 Å². The van der Waals surface area contributed by atoms with Gasteiger partial charge in [-0.25, -0.2) is 0 Å². The van der Waals surface area contributed by atoms with Crippen molar-refractivity contribution >= 4 is 23.3 Å². The van der Waals surface area contributed by atoms with Gasteiger partial charge in [0, 0.05) is 22.6 Å². The topological polar surface area (TPSA) is 69.4 Å². The van der Waals surface area contributed by atoms with Gasteiger partial charge in [0.25, 0.3) is 0 Å². The molecule has 2 heterocycles. The van der Waals surface area contributed by atoms with Crippen LogP contribution in [0, 0.1) is 0 Å². The molecule has 30 heavy (non-hydrogen) atoms. The molecule has 0 saturated carbocycles. The minimum absolute atomic E-state index is 0.0701. The molecule has 0 aliphatic carbocycles. The first kappa shape index (κ1) is 20.3. The highest BCUT2D eigenvalue weighted by atomic mass is 35.5. The molecule has 1 aromatic heterocycles. The van der Waals surface area contributed by atoms with E-state index in [1.54, 1.807) is 0 Å². The van der Waals surface area contributed by atoms with Gasteiger partial charge in [-0.1, -0.05) is 61.7 Å². The molecule has 7 heteroatoms. The maximum Gasteiger partial charge on any atom is 0.306 e. The highest BCUT2D eigenvalue weighted by Gasteiger charge is 2.23. The number of benzene rings is 2. The second kappa shape index (κ2) is 9.22. The minimum Gasteiger partial charge on any atom is -0.457 e. The quantitative estimate of drug-likeness (QED) is 0.401. The van der Waals surface area contributed by atoms with Crippen LogP contribution in [0.3, 0.4) is 0 Å². The third kappa shape index (κ3) is 4.28. The van der Waals surface area contributed by atoms with E-state index in [-0.39, 0.29) is 12.6 Å². The number of halogens is 1. The summed E-state index contributed by atoms with van der Waals surface area (Å²) in [5, 5.41) is 9.18. The van der Waals surface area contributed by atoms with E-state index in [0.29, 0.717) is 29.6 Å². The molecule has 1 aliphatic rings. The summed E-state index contributed by atoms with van der Waals surface area (Å²) in [4.78, 5) is 16.9. The van der Waals surface area contributed by atoms with Gasteiger partial charge in [-0.3, -0.25) is 14.4 Å². The Morgan fingerprint density at radius 3 is 2.77 bits per heavy atom. The van der Waals surface area contributed by atoms with Gasteiger partial charge in [0.2, 0.25) is 0 Å². The number of hydrogen-bond acceptors (Lipinski definition) is 5. The van der Waals surface area contributed by atoms with E-state index in [2.05, 4.69) is 17.1 Å². The van der Waals surface area contributed by atoms with Gasteiger partial charge >= 0.3 is 5.97 Å². The number of aliphatic imine (C=N–C) groups is 1. The smallest absolute Gasteiger partial charge is 0.306 e. The number of nitrogens with zero attached hydrogens (tertiary/aromatic N) is 4. The monoisotopic (exact) mass is 422 g/mol. The Morgan fingerprint density at radius 2 is 1.97 bits per heavy atom. The third-order valence-electron chi connectivity index (χ3n) is 5.02. The predicted molar refractivity (Wildman–Crippen MR) is 116 cm³/mol. The molecule has 2 aromatic carbocycles. The van der Waals surface area contributed by atoms with E-state index in [1.165, 1.54) is 0 Å². The first-order valence-electron chi connectivity index (χ1n) is 10.2. The Balaban J connectivity index is 1.66. The summed E-state index contributed by atoms with van der Waals surface area (Å²) in [6, 6.07) is 15.6. The molecule has 154 valence electrons. The summed E-state index contributed by atoms with van der Waals surface area (Å²) in [6.07, 6.45) is 3.34. The highest BCUT2D eigenvalue weighted by Crippen LogP contribution is 2.28. The molecular formula is C23H23ClN4O2. The van der Waals surface area contributed by atoms with E-state index in [1.807, 2.05) is 53.1 Å². The molecular weight excluding hydrogens is 400 g/mol. The summed E-state index contributed by atoms with van der Waals surface area (Å²) >= 11 is 6.32. The number of unbranched alkanes of at least 4 members (excludes halogenated alkanes) is 2. The largest absolute Gasteiger partial charge is 0.457 e. The summed E-state index contributed by atoms with van der Waals surface area (Å²) in [5.74, 6) is 1.05. The summed E-state index contributed by atoms with van der Waals surface area (Å²) in [7, 11) is 0. The van der Waals surface area contributed by atoms with Crippen molar-refractivity contribution < 1.29 is 9.53 Å². The maximum atomic E-state index is 12.1. The molecule has 0 radical (unpaired) electrons. The standard InChI is InChI=1S/C23H23ClN4O2/c1-2-3-5-10-22(29)30-15-21-27-26-20-14-25-23(16-8-6-4-7-9-16)18-13-17(24)11-12-19(18)28(20)21/h4,6-9,11-13H,2-3,5,10,14-15H2,1H3. The molecule has 6 nitrogen and oxygen atoms in total. The number of aromatic nitrogens is 3. The van der Waals surface area contributed by atoms with Crippen LogP contribution in [0.2, 0.25) is 5.02 Å². The van der Waals surface area contributed by atoms with Crippen molar-refractivity contribution in [2.45, 2.75) is 45.8 Å². The number of carbonyl (C=O) groups is 1. The second-order valence-corrected chi connectivity index (χ2v) is 7.61. The lowest BCUT2D eigenvalue weighted by atomic mass is 10.0. The summed E-state index contributed by atoms with van der Waals surface area (Å²) in [5.41, 5.74) is 3.61. The molecule has 4 rings (SSSR count). The van der Waals surface area contributed by atoms with Crippen LogP contribution in [-0.2, 0) is 22.7 Å². The number of carbonyl (C=O) groups excluding carboxylic acids is 1.